The average Bonchev–Trinajstić information content (AvgIpc) is 3.14. The number of aryl methyl sites for hydroxylation is 1. The van der Waals surface area contributed by atoms with Crippen LogP contribution in [0.4, 0.5) is 4.39 Å². The fourth-order valence-electron chi connectivity index (χ4n) is 4.47. The van der Waals surface area contributed by atoms with E-state index in [9.17, 15) is 17.6 Å². The van der Waals surface area contributed by atoms with E-state index in [0.29, 0.717) is 35.4 Å². The Morgan fingerprint density at radius 1 is 1.21 bits per heavy atom. The van der Waals surface area contributed by atoms with Crippen LogP contribution in [0.5, 0.6) is 0 Å². The molecule has 1 aliphatic heterocycles. The van der Waals surface area contributed by atoms with Gasteiger partial charge in [0.25, 0.3) is 15.9 Å². The van der Waals surface area contributed by atoms with Gasteiger partial charge in [-0.1, -0.05) is 0 Å². The number of likely N-dealkylation sites (tertiary alicyclic amines) is 1. The second-order valence-electron chi connectivity index (χ2n) is 8.77. The third-order valence-corrected chi connectivity index (χ3v) is 7.73. The zero-order valence-corrected chi connectivity index (χ0v) is 19.9. The van der Waals surface area contributed by atoms with E-state index in [1.54, 1.807) is 4.90 Å². The molecule has 1 amide bonds. The molecule has 0 radical (unpaired) electrons. The fraction of sp³-hybridized carbons (Fsp3) is 0.478. The number of carbonyl (C=O) groups excluding carboxylic acids is 1. The molecule has 1 N–H and O–H groups in total. The third-order valence-electron chi connectivity index (χ3n) is 6.50. The van der Waals surface area contributed by atoms with Gasteiger partial charge in [0.2, 0.25) is 0 Å². The zero-order valence-electron chi connectivity index (χ0n) is 19.1. The average molecular weight is 477 g/mol. The van der Waals surface area contributed by atoms with E-state index < -0.39 is 15.8 Å². The number of carbonyl (C=O) groups is 1. The van der Waals surface area contributed by atoms with Gasteiger partial charge in [-0.25, -0.2) is 4.39 Å². The number of benzene rings is 1. The molecule has 2 heterocycles. The van der Waals surface area contributed by atoms with E-state index in [0.717, 1.165) is 44.5 Å². The van der Waals surface area contributed by atoms with Crippen LogP contribution in [0.3, 0.4) is 0 Å². The van der Waals surface area contributed by atoms with Crippen LogP contribution in [0.1, 0.15) is 53.1 Å². The molecule has 10 heteroatoms. The van der Waals surface area contributed by atoms with E-state index in [1.165, 1.54) is 12.1 Å². The first-order chi connectivity index (χ1) is 15.7. The molecule has 33 heavy (non-hydrogen) atoms. The smallest absolute Gasteiger partial charge is 0.289 e. The number of furan rings is 1. The molecule has 178 valence electrons. The maximum absolute atomic E-state index is 13.2. The summed E-state index contributed by atoms with van der Waals surface area (Å²) in [4.78, 5) is 19.4. The number of hydrogen-bond donors (Lipinski definition) is 1. The Balaban J connectivity index is 1.57. The van der Waals surface area contributed by atoms with Gasteiger partial charge in [-0.2, -0.15) is 18.4 Å². The van der Waals surface area contributed by atoms with Gasteiger partial charge in [-0.3, -0.25) is 4.79 Å². The van der Waals surface area contributed by atoms with E-state index in [2.05, 4.69) is 21.9 Å². The number of fused-ring (bicyclic) bond motifs is 1. The summed E-state index contributed by atoms with van der Waals surface area (Å²) >= 11 is 0. The van der Waals surface area contributed by atoms with Crippen molar-refractivity contribution in [2.24, 2.45) is 5.10 Å². The molecule has 0 atom stereocenters. The van der Waals surface area contributed by atoms with Gasteiger partial charge in [-0.15, -0.1) is 0 Å². The summed E-state index contributed by atoms with van der Waals surface area (Å²) in [6, 6.07) is 4.69. The number of nitrogens with zero attached hydrogens (tertiary/aromatic N) is 3. The van der Waals surface area contributed by atoms with Crippen molar-refractivity contribution in [3.05, 3.63) is 52.7 Å². The van der Waals surface area contributed by atoms with Crippen LogP contribution in [0.25, 0.3) is 0 Å². The summed E-state index contributed by atoms with van der Waals surface area (Å²) in [6.07, 6.45) is 3.77. The summed E-state index contributed by atoms with van der Waals surface area (Å²) < 4.78 is 44.2. The van der Waals surface area contributed by atoms with Crippen LogP contribution >= 0.6 is 0 Å². The largest absolute Gasteiger partial charge is 0.455 e. The number of nitrogens with one attached hydrogen (secondary N) is 1. The zero-order chi connectivity index (χ0) is 23.8. The van der Waals surface area contributed by atoms with Crippen LogP contribution in [0, 0.1) is 12.7 Å². The minimum Gasteiger partial charge on any atom is -0.455 e. The van der Waals surface area contributed by atoms with Crippen molar-refractivity contribution in [3.63, 3.8) is 0 Å². The lowest BCUT2D eigenvalue weighted by molar-refractivity contribution is 0.0625. The van der Waals surface area contributed by atoms with Crippen LogP contribution in [-0.2, 0) is 16.4 Å². The maximum Gasteiger partial charge on any atom is 0.289 e. The van der Waals surface area contributed by atoms with Crippen molar-refractivity contribution in [2.75, 3.05) is 27.2 Å². The first-order valence-corrected chi connectivity index (χ1v) is 12.6. The maximum atomic E-state index is 13.2. The molecular weight excluding hydrogens is 447 g/mol. The van der Waals surface area contributed by atoms with Crippen molar-refractivity contribution < 1.29 is 22.0 Å². The third kappa shape index (κ3) is 4.81. The molecule has 1 saturated heterocycles. The van der Waals surface area contributed by atoms with Crippen molar-refractivity contribution in [1.82, 2.24) is 14.6 Å². The van der Waals surface area contributed by atoms with Crippen LogP contribution in [-0.4, -0.2) is 63.1 Å². The van der Waals surface area contributed by atoms with Gasteiger partial charge >= 0.3 is 0 Å². The van der Waals surface area contributed by atoms with Crippen LogP contribution in [0.2, 0.25) is 0 Å². The lowest BCUT2D eigenvalue weighted by atomic mass is 9.93. The number of halogens is 1. The molecule has 1 aromatic carbocycles. The summed E-state index contributed by atoms with van der Waals surface area (Å²) in [5, 5.41) is 4.17. The molecule has 1 aromatic heterocycles. The number of sulfonamides is 1. The van der Waals surface area contributed by atoms with Gasteiger partial charge in [0, 0.05) is 30.6 Å². The molecule has 0 spiro atoms. The van der Waals surface area contributed by atoms with Gasteiger partial charge in [0.1, 0.15) is 11.6 Å². The second-order valence-corrected chi connectivity index (χ2v) is 10.4. The Labute approximate surface area is 193 Å². The highest BCUT2D eigenvalue weighted by Crippen LogP contribution is 2.31. The predicted molar refractivity (Wildman–Crippen MR) is 122 cm³/mol. The predicted octanol–water partition coefficient (Wildman–Crippen LogP) is 2.91. The number of hydrogen-bond acceptors (Lipinski definition) is 6. The molecule has 2 aromatic rings. The van der Waals surface area contributed by atoms with Gasteiger partial charge in [0.05, 0.1) is 10.6 Å². The minimum atomic E-state index is -3.95. The van der Waals surface area contributed by atoms with Gasteiger partial charge in [-0.05, 0) is 77.0 Å². The van der Waals surface area contributed by atoms with E-state index in [1.807, 2.05) is 14.0 Å². The Morgan fingerprint density at radius 2 is 1.88 bits per heavy atom. The van der Waals surface area contributed by atoms with E-state index >= 15 is 0 Å². The first kappa shape index (κ1) is 23.4. The molecule has 8 nitrogen and oxygen atoms in total. The topological polar surface area (TPSA) is 95.2 Å². The second kappa shape index (κ2) is 9.26. The highest BCUT2D eigenvalue weighted by molar-refractivity contribution is 7.89. The monoisotopic (exact) mass is 476 g/mol. The SMILES string of the molecule is Cc1c(C(=O)N(C)C2CCN(C)CC2)oc2c1/C(=N/NS(=O)(=O)c1ccc(F)cc1)CCC2. The Morgan fingerprint density at radius 3 is 2.55 bits per heavy atom. The fourth-order valence-corrected chi connectivity index (χ4v) is 5.30. The molecule has 1 aliphatic carbocycles. The van der Waals surface area contributed by atoms with Crippen molar-refractivity contribution in [2.45, 2.75) is 50.0 Å². The first-order valence-electron chi connectivity index (χ1n) is 11.1. The summed E-state index contributed by atoms with van der Waals surface area (Å²) in [7, 11) is -0.0598. The number of piperidine rings is 1. The van der Waals surface area contributed by atoms with Crippen molar-refractivity contribution >= 4 is 21.6 Å². The Kier molecular flexibility index (Phi) is 6.58. The normalized spacial score (nSPS) is 18.8. The molecule has 0 unspecified atom stereocenters. The lowest BCUT2D eigenvalue weighted by Gasteiger charge is -2.34. The Bertz CT molecular complexity index is 1170. The minimum absolute atomic E-state index is 0.0798. The summed E-state index contributed by atoms with van der Waals surface area (Å²) in [5.74, 6) is 0.257. The van der Waals surface area contributed by atoms with Gasteiger partial charge < -0.3 is 14.2 Å². The van der Waals surface area contributed by atoms with Crippen LogP contribution < -0.4 is 4.83 Å². The lowest BCUT2D eigenvalue weighted by Crippen LogP contribution is -2.44. The molecule has 0 bridgehead atoms. The highest BCUT2D eigenvalue weighted by atomic mass is 32.2. The molecular formula is C23H29FN4O4S. The standard InChI is InChI=1S/C23H29FN4O4S/c1-15-21-19(25-26-33(30,31)18-9-7-16(24)8-10-18)5-4-6-20(21)32-22(15)23(29)28(3)17-11-13-27(2)14-12-17/h7-10,17,26H,4-6,11-14H2,1-3H3/b25-19+. The van der Waals surface area contributed by atoms with E-state index in [4.69, 9.17) is 4.42 Å². The van der Waals surface area contributed by atoms with E-state index in [-0.39, 0.29) is 22.6 Å². The summed E-state index contributed by atoms with van der Waals surface area (Å²) in [6.45, 7) is 3.70. The molecule has 0 saturated carbocycles. The number of rotatable bonds is 5. The number of amides is 1. The highest BCUT2D eigenvalue weighted by Gasteiger charge is 2.32. The Hall–Kier alpha value is -2.72. The van der Waals surface area contributed by atoms with Crippen molar-refractivity contribution in [3.8, 4) is 0 Å². The molecule has 4 rings (SSSR count). The quantitative estimate of drug-likeness (QED) is 0.670. The summed E-state index contributed by atoms with van der Waals surface area (Å²) in [5.41, 5.74) is 1.90. The molecule has 2 aliphatic rings. The van der Waals surface area contributed by atoms with Gasteiger partial charge in [0.15, 0.2) is 5.76 Å². The van der Waals surface area contributed by atoms with Crippen molar-refractivity contribution in [1.29, 1.82) is 0 Å². The number of hydrazone groups is 1. The van der Waals surface area contributed by atoms with Crippen LogP contribution in [0.15, 0.2) is 38.7 Å². The molecule has 1 fully saturated rings.